The fourth-order valence-corrected chi connectivity index (χ4v) is 8.13. The lowest BCUT2D eigenvalue weighted by Gasteiger charge is -2.22. The number of carbonyl (C=O) groups excluding carboxylic acids is 2. The van der Waals surface area contributed by atoms with Crippen molar-refractivity contribution in [1.29, 1.82) is 0 Å². The van der Waals surface area contributed by atoms with Gasteiger partial charge in [-0.05, 0) is 89.9 Å². The minimum atomic E-state index is -0.680. The minimum absolute atomic E-state index is 0.0356. The van der Waals surface area contributed by atoms with Gasteiger partial charge in [-0.2, -0.15) is 0 Å². The molecule has 0 aromatic rings. The summed E-state index contributed by atoms with van der Waals surface area (Å²) in [6, 6.07) is -0.559. The van der Waals surface area contributed by atoms with E-state index in [9.17, 15) is 19.8 Å². The number of ether oxygens (including phenoxy) is 1. The van der Waals surface area contributed by atoms with Gasteiger partial charge in [0.2, 0.25) is 5.91 Å². The first-order valence-corrected chi connectivity index (χ1v) is 27.4. The third kappa shape index (κ3) is 49.1. The van der Waals surface area contributed by atoms with E-state index in [4.69, 9.17) is 4.74 Å². The number of aliphatic hydroxyl groups excluding tert-OH is 2. The van der Waals surface area contributed by atoms with Crippen molar-refractivity contribution < 1.29 is 24.5 Å². The molecule has 0 aliphatic heterocycles. The van der Waals surface area contributed by atoms with Gasteiger partial charge in [-0.15, -0.1) is 0 Å². The number of esters is 1. The molecule has 2 unspecified atom stereocenters. The molecule has 0 heterocycles. The summed E-state index contributed by atoms with van der Waals surface area (Å²) >= 11 is 0. The Morgan fingerprint density at radius 3 is 1.32 bits per heavy atom. The molecule has 368 valence electrons. The average Bonchev–Trinajstić information content (AvgIpc) is 3.28. The first kappa shape index (κ1) is 60.8. The number of hydrogen-bond acceptors (Lipinski definition) is 5. The second-order valence-corrected chi connectivity index (χ2v) is 18.6. The Labute approximate surface area is 391 Å². The van der Waals surface area contributed by atoms with Crippen LogP contribution >= 0.6 is 0 Å². The first-order chi connectivity index (χ1) is 31.0. The van der Waals surface area contributed by atoms with E-state index in [0.717, 1.165) is 89.9 Å². The zero-order valence-electron chi connectivity index (χ0n) is 41.8. The predicted molar refractivity (Wildman–Crippen MR) is 273 cm³/mol. The van der Waals surface area contributed by atoms with Crippen molar-refractivity contribution in [3.63, 3.8) is 0 Å². The highest BCUT2D eigenvalue weighted by molar-refractivity contribution is 5.76. The van der Waals surface area contributed by atoms with Crippen LogP contribution in [0.5, 0.6) is 0 Å². The molecule has 0 spiro atoms. The normalized spacial score (nSPS) is 13.0. The Bertz CT molecular complexity index is 1070. The molecule has 2 atom stereocenters. The topological polar surface area (TPSA) is 95.9 Å². The van der Waals surface area contributed by atoms with Gasteiger partial charge < -0.3 is 20.3 Å². The number of nitrogens with one attached hydrogen (secondary N) is 1. The summed E-state index contributed by atoms with van der Waals surface area (Å²) in [5.41, 5.74) is 0. The smallest absolute Gasteiger partial charge is 0.305 e. The number of allylic oxidation sites excluding steroid dienone is 8. The second-order valence-electron chi connectivity index (χ2n) is 18.6. The van der Waals surface area contributed by atoms with Crippen LogP contribution in [0.1, 0.15) is 277 Å². The molecular weight excluding hydrogens is 779 g/mol. The molecular formula is C57H105NO5. The lowest BCUT2D eigenvalue weighted by Crippen LogP contribution is -2.45. The summed E-state index contributed by atoms with van der Waals surface area (Å²) in [5.74, 6) is -0.0940. The maximum atomic E-state index is 12.5. The Kier molecular flexibility index (Phi) is 50.6. The molecule has 6 nitrogen and oxygen atoms in total. The number of hydrogen-bond donors (Lipinski definition) is 3. The molecule has 63 heavy (non-hydrogen) atoms. The molecule has 0 bridgehead atoms. The Balaban J connectivity index is 3.54. The van der Waals surface area contributed by atoms with Crippen LogP contribution in [0, 0.1) is 0 Å². The van der Waals surface area contributed by atoms with Crippen LogP contribution in [0.25, 0.3) is 0 Å². The van der Waals surface area contributed by atoms with Crippen LogP contribution in [0.2, 0.25) is 0 Å². The van der Waals surface area contributed by atoms with E-state index in [2.05, 4.69) is 67.8 Å². The highest BCUT2D eigenvalue weighted by atomic mass is 16.5. The molecule has 0 saturated heterocycles. The monoisotopic (exact) mass is 884 g/mol. The van der Waals surface area contributed by atoms with Crippen molar-refractivity contribution >= 4 is 11.9 Å². The second kappa shape index (κ2) is 52.4. The van der Waals surface area contributed by atoms with E-state index < -0.39 is 12.1 Å². The molecule has 0 aliphatic carbocycles. The van der Waals surface area contributed by atoms with Crippen molar-refractivity contribution in [3.8, 4) is 0 Å². The molecule has 0 radical (unpaired) electrons. The zero-order valence-corrected chi connectivity index (χ0v) is 41.8. The number of unbranched alkanes of at least 4 members (excludes halogenated alkanes) is 32. The summed E-state index contributed by atoms with van der Waals surface area (Å²) in [4.78, 5) is 24.5. The predicted octanol–water partition coefficient (Wildman–Crippen LogP) is 16.6. The number of amides is 1. The molecule has 3 N–H and O–H groups in total. The highest BCUT2D eigenvalue weighted by Crippen LogP contribution is 2.16. The fraction of sp³-hybridized carbons (Fsp3) is 0.825. The summed E-state index contributed by atoms with van der Waals surface area (Å²) in [6.45, 7) is 4.87. The van der Waals surface area contributed by atoms with Crippen molar-refractivity contribution in [1.82, 2.24) is 5.32 Å². The van der Waals surface area contributed by atoms with Gasteiger partial charge >= 0.3 is 5.97 Å². The number of carbonyl (C=O) groups is 2. The highest BCUT2D eigenvalue weighted by Gasteiger charge is 2.20. The van der Waals surface area contributed by atoms with Gasteiger partial charge in [0, 0.05) is 12.8 Å². The standard InChI is InChI=1S/C57H105NO5/c1-3-5-7-9-11-13-15-17-19-23-27-31-35-39-43-47-51-57(62)63-52-48-44-40-36-32-28-24-20-22-26-30-34-38-42-46-50-56(61)58-54(53-59)55(60)49-45-41-37-33-29-25-21-18-16-14-12-10-8-6-4-2/h13,15,19-20,23-24,28,32,54-55,59-60H,3-12,14,16-18,21-22,25-27,29-31,33-53H2,1-2H3,(H,58,61)/b15-13-,23-19-,24-20-,32-28-. The summed E-state index contributed by atoms with van der Waals surface area (Å²) in [6.07, 6.45) is 65.1. The van der Waals surface area contributed by atoms with E-state index in [1.54, 1.807) is 0 Å². The molecule has 0 rings (SSSR count). The van der Waals surface area contributed by atoms with Gasteiger partial charge in [0.1, 0.15) is 0 Å². The van der Waals surface area contributed by atoms with Gasteiger partial charge in [0.25, 0.3) is 0 Å². The maximum absolute atomic E-state index is 12.5. The van der Waals surface area contributed by atoms with E-state index in [1.807, 2.05) is 0 Å². The third-order valence-electron chi connectivity index (χ3n) is 12.4. The van der Waals surface area contributed by atoms with Crippen molar-refractivity contribution in [2.45, 2.75) is 289 Å². The van der Waals surface area contributed by atoms with Gasteiger partial charge in [0.15, 0.2) is 0 Å². The van der Waals surface area contributed by atoms with Gasteiger partial charge in [-0.25, -0.2) is 0 Å². The SMILES string of the molecule is CCCCCC/C=C\C/C=C\CCCCCCCC(=O)OCCCCC/C=C\C=C/CCCCCCCCC(=O)NC(CO)C(O)CCCCCCCCCCCCCCCCC. The van der Waals surface area contributed by atoms with Crippen molar-refractivity contribution in [3.05, 3.63) is 48.6 Å². The van der Waals surface area contributed by atoms with Crippen LogP contribution < -0.4 is 5.32 Å². The number of aliphatic hydroxyl groups is 2. The Hall–Kier alpha value is -2.18. The minimum Gasteiger partial charge on any atom is -0.466 e. The summed E-state index contributed by atoms with van der Waals surface area (Å²) < 4.78 is 5.44. The van der Waals surface area contributed by atoms with E-state index in [1.165, 1.54) is 154 Å². The lowest BCUT2D eigenvalue weighted by atomic mass is 10.0. The van der Waals surface area contributed by atoms with E-state index >= 15 is 0 Å². The molecule has 1 amide bonds. The Morgan fingerprint density at radius 1 is 0.460 bits per heavy atom. The van der Waals surface area contributed by atoms with Crippen molar-refractivity contribution in [2.24, 2.45) is 0 Å². The first-order valence-electron chi connectivity index (χ1n) is 27.4. The van der Waals surface area contributed by atoms with Crippen LogP contribution in [-0.2, 0) is 14.3 Å². The zero-order chi connectivity index (χ0) is 45.8. The molecule has 0 saturated carbocycles. The third-order valence-corrected chi connectivity index (χ3v) is 12.4. The Morgan fingerprint density at radius 2 is 0.841 bits per heavy atom. The summed E-state index contributed by atoms with van der Waals surface area (Å²) in [5, 5.41) is 23.2. The van der Waals surface area contributed by atoms with E-state index in [0.29, 0.717) is 25.9 Å². The van der Waals surface area contributed by atoms with Gasteiger partial charge in [-0.1, -0.05) is 223 Å². The molecule has 0 aromatic heterocycles. The molecule has 0 aliphatic rings. The van der Waals surface area contributed by atoms with Crippen LogP contribution in [0.3, 0.4) is 0 Å². The fourth-order valence-electron chi connectivity index (χ4n) is 8.13. The largest absolute Gasteiger partial charge is 0.466 e. The summed E-state index contributed by atoms with van der Waals surface area (Å²) in [7, 11) is 0. The molecule has 6 heteroatoms. The maximum Gasteiger partial charge on any atom is 0.305 e. The quantitative estimate of drug-likeness (QED) is 0.0245. The van der Waals surface area contributed by atoms with Gasteiger partial charge in [0.05, 0.1) is 25.4 Å². The van der Waals surface area contributed by atoms with Crippen LogP contribution in [-0.4, -0.2) is 47.4 Å². The van der Waals surface area contributed by atoms with Crippen LogP contribution in [0.4, 0.5) is 0 Å². The number of rotatable bonds is 50. The molecule has 0 aromatic carbocycles. The lowest BCUT2D eigenvalue weighted by molar-refractivity contribution is -0.143. The average molecular weight is 884 g/mol. The van der Waals surface area contributed by atoms with Crippen molar-refractivity contribution in [2.75, 3.05) is 13.2 Å². The van der Waals surface area contributed by atoms with E-state index in [-0.39, 0.29) is 18.5 Å². The van der Waals surface area contributed by atoms with Gasteiger partial charge in [-0.3, -0.25) is 9.59 Å². The molecule has 0 fully saturated rings. The van der Waals surface area contributed by atoms with Crippen LogP contribution in [0.15, 0.2) is 48.6 Å².